The van der Waals surface area contributed by atoms with E-state index < -0.39 is 18.0 Å². The molecule has 0 spiro atoms. The normalized spacial score (nSPS) is 12.6. The second kappa shape index (κ2) is 9.67. The first-order valence-electron chi connectivity index (χ1n) is 9.83. The van der Waals surface area contributed by atoms with Crippen LogP contribution in [0.25, 0.3) is 11.1 Å². The molecule has 0 aliphatic heterocycles. The van der Waals surface area contributed by atoms with Crippen LogP contribution >= 0.6 is 11.3 Å². The maximum absolute atomic E-state index is 13.3. The standard InChI is InChI=1S/C22H16F2N6O2S/c1-32-18-11-27-17(20(23)24)9-15(18)14-8-13(6-7-25)26-10-16(14)21(31)28-22-30-29-19(33-22)5-4-12-2-3-12/h8-12,20H,2-3,6H2,1H3,(H,28,30,31). The van der Waals surface area contributed by atoms with Crippen LogP contribution in [0, 0.1) is 29.1 Å². The van der Waals surface area contributed by atoms with Gasteiger partial charge >= 0.3 is 0 Å². The van der Waals surface area contributed by atoms with Crippen LogP contribution < -0.4 is 10.1 Å². The number of nitrogens with one attached hydrogen (secondary N) is 1. The van der Waals surface area contributed by atoms with Crippen molar-refractivity contribution in [2.75, 3.05) is 12.4 Å². The van der Waals surface area contributed by atoms with Crippen LogP contribution in [0.2, 0.25) is 0 Å². The molecule has 1 saturated carbocycles. The minimum Gasteiger partial charge on any atom is -0.494 e. The second-order valence-corrected chi connectivity index (χ2v) is 8.05. The van der Waals surface area contributed by atoms with Crippen molar-refractivity contribution in [2.45, 2.75) is 25.7 Å². The highest BCUT2D eigenvalue weighted by molar-refractivity contribution is 7.15. The van der Waals surface area contributed by atoms with Crippen LogP contribution in [0.1, 0.15) is 46.0 Å². The number of pyridine rings is 2. The molecule has 0 radical (unpaired) electrons. The Morgan fingerprint density at radius 3 is 2.79 bits per heavy atom. The van der Waals surface area contributed by atoms with Crippen LogP contribution in [0.4, 0.5) is 13.9 Å². The molecule has 0 saturated heterocycles. The summed E-state index contributed by atoms with van der Waals surface area (Å²) in [6.45, 7) is 0. The highest BCUT2D eigenvalue weighted by Crippen LogP contribution is 2.35. The molecule has 11 heteroatoms. The predicted octanol–water partition coefficient (Wildman–Crippen LogP) is 4.02. The Kier molecular flexibility index (Phi) is 6.52. The molecule has 1 aliphatic carbocycles. The second-order valence-electron chi connectivity index (χ2n) is 7.08. The Labute approximate surface area is 191 Å². The van der Waals surface area contributed by atoms with Gasteiger partial charge in [-0.15, -0.1) is 10.2 Å². The van der Waals surface area contributed by atoms with E-state index in [0.29, 0.717) is 16.6 Å². The van der Waals surface area contributed by atoms with Crippen LogP contribution in [-0.2, 0) is 6.42 Å². The van der Waals surface area contributed by atoms with E-state index in [0.717, 1.165) is 30.2 Å². The Hall–Kier alpha value is -3.96. The van der Waals surface area contributed by atoms with E-state index in [1.54, 1.807) is 0 Å². The van der Waals surface area contributed by atoms with Gasteiger partial charge in [-0.2, -0.15) is 5.26 Å². The number of carbonyl (C=O) groups excluding carboxylic acids is 1. The zero-order chi connectivity index (χ0) is 23.4. The van der Waals surface area contributed by atoms with Crippen LogP contribution in [-0.4, -0.2) is 33.2 Å². The smallest absolute Gasteiger partial charge is 0.280 e. The highest BCUT2D eigenvalue weighted by Gasteiger charge is 2.22. The number of hydrogen-bond acceptors (Lipinski definition) is 8. The lowest BCUT2D eigenvalue weighted by Crippen LogP contribution is -2.14. The van der Waals surface area contributed by atoms with Crippen molar-refractivity contribution in [3.05, 3.63) is 46.5 Å². The molecule has 8 nitrogen and oxygen atoms in total. The van der Waals surface area contributed by atoms with Crippen molar-refractivity contribution in [2.24, 2.45) is 5.92 Å². The molecule has 1 amide bonds. The molecular weight excluding hydrogens is 450 g/mol. The summed E-state index contributed by atoms with van der Waals surface area (Å²) in [5.41, 5.74) is 0.478. The first kappa shape index (κ1) is 22.2. The lowest BCUT2D eigenvalue weighted by atomic mass is 9.98. The lowest BCUT2D eigenvalue weighted by Gasteiger charge is -2.14. The van der Waals surface area contributed by atoms with Crippen LogP contribution in [0.5, 0.6) is 5.75 Å². The van der Waals surface area contributed by atoms with Gasteiger partial charge in [0, 0.05) is 23.2 Å². The molecule has 3 aromatic heterocycles. The van der Waals surface area contributed by atoms with Gasteiger partial charge in [0.1, 0.15) is 11.4 Å². The lowest BCUT2D eigenvalue weighted by molar-refractivity contribution is 0.102. The van der Waals surface area contributed by atoms with Crippen LogP contribution in [0.15, 0.2) is 24.5 Å². The summed E-state index contributed by atoms with van der Waals surface area (Å²) in [4.78, 5) is 20.9. The molecule has 1 fully saturated rings. The van der Waals surface area contributed by atoms with Crippen molar-refractivity contribution in [1.82, 2.24) is 20.2 Å². The Morgan fingerprint density at radius 1 is 1.27 bits per heavy atom. The highest BCUT2D eigenvalue weighted by atomic mass is 32.1. The molecule has 1 N–H and O–H groups in total. The van der Waals surface area contributed by atoms with Gasteiger partial charge in [-0.1, -0.05) is 17.3 Å². The van der Waals surface area contributed by atoms with E-state index in [-0.39, 0.29) is 34.0 Å². The van der Waals surface area contributed by atoms with Gasteiger partial charge in [-0.3, -0.25) is 20.1 Å². The van der Waals surface area contributed by atoms with Crippen molar-refractivity contribution >= 4 is 22.4 Å². The summed E-state index contributed by atoms with van der Waals surface area (Å²) < 4.78 is 31.9. The van der Waals surface area contributed by atoms with Gasteiger partial charge in [-0.05, 0) is 30.9 Å². The zero-order valence-electron chi connectivity index (χ0n) is 17.3. The third kappa shape index (κ3) is 5.27. The summed E-state index contributed by atoms with van der Waals surface area (Å²) in [6.07, 6.45) is 1.77. The van der Waals surface area contributed by atoms with Gasteiger partial charge in [0.05, 0.1) is 37.1 Å². The van der Waals surface area contributed by atoms with Gasteiger partial charge in [0.25, 0.3) is 12.3 Å². The fourth-order valence-corrected chi connectivity index (χ4v) is 3.51. The number of carbonyl (C=O) groups is 1. The molecular formula is C22H16F2N6O2S. The predicted molar refractivity (Wildman–Crippen MR) is 116 cm³/mol. The van der Waals surface area contributed by atoms with E-state index in [1.807, 2.05) is 6.07 Å². The number of alkyl halides is 2. The number of amides is 1. The topological polar surface area (TPSA) is 114 Å². The third-order valence-corrected chi connectivity index (χ3v) is 5.45. The monoisotopic (exact) mass is 466 g/mol. The van der Waals surface area contributed by atoms with Crippen molar-refractivity contribution in [1.29, 1.82) is 5.26 Å². The molecule has 0 atom stereocenters. The van der Waals surface area contributed by atoms with Gasteiger partial charge in [0.2, 0.25) is 5.13 Å². The number of nitriles is 1. The SMILES string of the molecule is COc1cnc(C(F)F)cc1-c1cc(CC#N)ncc1C(=O)Nc1nnc(C#CC2CC2)s1. The van der Waals surface area contributed by atoms with Crippen molar-refractivity contribution < 1.29 is 18.3 Å². The largest absolute Gasteiger partial charge is 0.494 e. The number of halogens is 2. The number of rotatable bonds is 6. The Morgan fingerprint density at radius 2 is 2.09 bits per heavy atom. The first-order valence-corrected chi connectivity index (χ1v) is 10.6. The molecule has 4 rings (SSSR count). The molecule has 33 heavy (non-hydrogen) atoms. The van der Waals surface area contributed by atoms with Crippen molar-refractivity contribution in [3.8, 4) is 34.8 Å². The summed E-state index contributed by atoms with van der Waals surface area (Å²) >= 11 is 1.13. The van der Waals surface area contributed by atoms with Gasteiger partial charge < -0.3 is 4.74 Å². The maximum atomic E-state index is 13.3. The molecule has 1 aliphatic rings. The quantitative estimate of drug-likeness (QED) is 0.546. The summed E-state index contributed by atoms with van der Waals surface area (Å²) in [5, 5.41) is 20.3. The Balaban J connectivity index is 1.70. The first-order chi connectivity index (χ1) is 16.0. The number of anilines is 1. The fraction of sp³-hybridized carbons (Fsp3) is 0.273. The molecule has 0 aromatic carbocycles. The van der Waals surface area contributed by atoms with Crippen LogP contribution in [0.3, 0.4) is 0 Å². The van der Waals surface area contributed by atoms with Crippen molar-refractivity contribution in [3.63, 3.8) is 0 Å². The van der Waals surface area contributed by atoms with E-state index in [9.17, 15) is 13.6 Å². The summed E-state index contributed by atoms with van der Waals surface area (Å²) in [6, 6.07) is 4.63. The molecule has 166 valence electrons. The summed E-state index contributed by atoms with van der Waals surface area (Å²) in [5.74, 6) is 6.03. The van der Waals surface area contributed by atoms with E-state index >= 15 is 0 Å². The van der Waals surface area contributed by atoms with Gasteiger partial charge in [-0.25, -0.2) is 8.78 Å². The molecule has 0 unspecified atom stereocenters. The average Bonchev–Trinajstić information content (AvgIpc) is 3.55. The van der Waals surface area contributed by atoms with Gasteiger partial charge in [0.15, 0.2) is 5.01 Å². The Bertz CT molecular complexity index is 1300. The minimum absolute atomic E-state index is 0.0244. The average molecular weight is 466 g/mol. The number of aromatic nitrogens is 4. The van der Waals surface area contributed by atoms with E-state index in [1.165, 1.54) is 25.6 Å². The third-order valence-electron chi connectivity index (χ3n) is 4.69. The van der Waals surface area contributed by atoms with E-state index in [4.69, 9.17) is 10.00 Å². The number of hydrogen-bond donors (Lipinski definition) is 1. The fourth-order valence-electron chi connectivity index (χ4n) is 2.91. The zero-order valence-corrected chi connectivity index (χ0v) is 18.1. The summed E-state index contributed by atoms with van der Waals surface area (Å²) in [7, 11) is 1.37. The number of methoxy groups -OCH3 is 1. The molecule has 3 heterocycles. The number of nitrogens with zero attached hydrogens (tertiary/aromatic N) is 5. The van der Waals surface area contributed by atoms with E-state index in [2.05, 4.69) is 37.3 Å². The minimum atomic E-state index is -2.82. The number of ether oxygens (including phenoxy) is 1. The molecule has 0 bridgehead atoms. The molecule has 3 aromatic rings. The maximum Gasteiger partial charge on any atom is 0.280 e.